The largest absolute Gasteiger partial charge is 0.478 e. The molecular formula is C30H30N8O7. The van der Waals surface area contributed by atoms with Crippen molar-refractivity contribution in [3.05, 3.63) is 102 Å². The van der Waals surface area contributed by atoms with E-state index in [1.165, 1.54) is 12.5 Å². The fourth-order valence-corrected chi connectivity index (χ4v) is 4.10. The number of amides is 1. The average molecular weight is 615 g/mol. The number of aliphatic carboxylic acids is 2. The van der Waals surface area contributed by atoms with E-state index in [1.807, 2.05) is 56.6 Å². The lowest BCUT2D eigenvalue weighted by molar-refractivity contribution is -0.134. The number of carboxylic acid groups (broad SMARTS) is 2. The molecule has 4 N–H and O–H groups in total. The minimum Gasteiger partial charge on any atom is -0.478 e. The Morgan fingerprint density at radius 3 is 2.27 bits per heavy atom. The lowest BCUT2D eigenvalue weighted by Gasteiger charge is -2.20. The Balaban J connectivity index is 0.000000510. The molecule has 0 unspecified atom stereocenters. The average Bonchev–Trinajstić information content (AvgIpc) is 3.79. The van der Waals surface area contributed by atoms with Crippen LogP contribution >= 0.6 is 0 Å². The normalized spacial score (nSPS) is 12.3. The first-order valence-electron chi connectivity index (χ1n) is 13.4. The van der Waals surface area contributed by atoms with Gasteiger partial charge in [-0.15, -0.1) is 10.2 Å². The number of carboxylic acids is 2. The second-order valence-corrected chi connectivity index (χ2v) is 10.1. The molecule has 0 bridgehead atoms. The predicted molar refractivity (Wildman–Crippen MR) is 158 cm³/mol. The Hall–Kier alpha value is -5.96. The molecule has 1 aromatic carbocycles. The molecule has 15 heteroatoms. The van der Waals surface area contributed by atoms with Crippen LogP contribution in [0.4, 0.5) is 0 Å². The van der Waals surface area contributed by atoms with Crippen LogP contribution in [0.2, 0.25) is 0 Å². The number of hydrogen-bond donors (Lipinski definition) is 3. The van der Waals surface area contributed by atoms with Crippen molar-refractivity contribution in [2.75, 3.05) is 7.05 Å². The molecule has 0 fully saturated rings. The zero-order valence-electron chi connectivity index (χ0n) is 24.6. The van der Waals surface area contributed by atoms with Crippen LogP contribution in [0.3, 0.4) is 0 Å². The molecule has 4 aromatic heterocycles. The fourth-order valence-electron chi connectivity index (χ4n) is 4.10. The smallest absolute Gasteiger partial charge is 0.328 e. The highest BCUT2D eigenvalue weighted by atomic mass is 16.4. The first-order chi connectivity index (χ1) is 21.4. The maximum absolute atomic E-state index is 13.4. The van der Waals surface area contributed by atoms with Gasteiger partial charge in [-0.25, -0.2) is 19.6 Å². The standard InChI is InChI=1S/C26H26N8O3.C4H4O4/c1-26(27,15-17-7-5-4-6-8-17)25-31-30-23(37-25)21-14-18(13-20(29-21)22-28-10-12-36-22)24(35)33(2)16-19-9-11-34(3)32-19;5-3(6)1-2-4(7)8/h4-14H,15-16,27H2,1-3H3;1-2H,(H,5,6)(H,7,8)/t26-;/m1./s1. The van der Waals surface area contributed by atoms with Gasteiger partial charge in [-0.1, -0.05) is 30.3 Å². The molecule has 0 radical (unpaired) electrons. The number of aromatic nitrogens is 6. The van der Waals surface area contributed by atoms with Crippen molar-refractivity contribution in [3.8, 4) is 23.2 Å². The van der Waals surface area contributed by atoms with Gasteiger partial charge in [-0.3, -0.25) is 9.48 Å². The summed E-state index contributed by atoms with van der Waals surface area (Å²) in [5.74, 6) is -2.10. The van der Waals surface area contributed by atoms with Crippen LogP contribution in [0.15, 0.2) is 88.2 Å². The van der Waals surface area contributed by atoms with Gasteiger partial charge in [0.1, 0.15) is 17.7 Å². The summed E-state index contributed by atoms with van der Waals surface area (Å²) in [7, 11) is 3.53. The summed E-state index contributed by atoms with van der Waals surface area (Å²) in [6.45, 7) is 2.16. The highest BCUT2D eigenvalue weighted by Crippen LogP contribution is 2.28. The Morgan fingerprint density at radius 2 is 1.69 bits per heavy atom. The summed E-state index contributed by atoms with van der Waals surface area (Å²) in [5.41, 5.74) is 8.47. The third kappa shape index (κ3) is 8.77. The molecule has 4 heterocycles. The van der Waals surface area contributed by atoms with Gasteiger partial charge in [-0.2, -0.15) is 5.10 Å². The number of carbonyl (C=O) groups excluding carboxylic acids is 1. The minimum atomic E-state index is -1.26. The summed E-state index contributed by atoms with van der Waals surface area (Å²) in [4.78, 5) is 42.8. The van der Waals surface area contributed by atoms with Gasteiger partial charge in [0, 0.05) is 38.0 Å². The van der Waals surface area contributed by atoms with Crippen LogP contribution in [-0.2, 0) is 35.1 Å². The Bertz CT molecular complexity index is 1780. The molecule has 0 saturated heterocycles. The lowest BCUT2D eigenvalue weighted by Crippen LogP contribution is -2.35. The second-order valence-electron chi connectivity index (χ2n) is 10.1. The van der Waals surface area contributed by atoms with Crippen LogP contribution in [0.5, 0.6) is 0 Å². The molecule has 0 saturated carbocycles. The molecule has 45 heavy (non-hydrogen) atoms. The monoisotopic (exact) mass is 614 g/mol. The first-order valence-corrected chi connectivity index (χ1v) is 13.4. The van der Waals surface area contributed by atoms with E-state index in [4.69, 9.17) is 24.8 Å². The van der Waals surface area contributed by atoms with Crippen LogP contribution in [0, 0.1) is 0 Å². The predicted octanol–water partition coefficient (Wildman–Crippen LogP) is 2.92. The first kappa shape index (κ1) is 32.0. The molecule has 232 valence electrons. The van der Waals surface area contributed by atoms with Crippen LogP contribution < -0.4 is 5.73 Å². The molecule has 5 rings (SSSR count). The summed E-state index contributed by atoms with van der Waals surface area (Å²) in [5, 5.41) is 28.3. The Labute approximate surface area is 256 Å². The number of benzene rings is 1. The SMILES string of the molecule is CN(Cc1ccn(C)n1)C(=O)c1cc(-c2ncco2)nc(-c2nnc([C@](C)(N)Cc3ccccc3)o2)c1.O=C(O)C=CC(=O)O. The van der Waals surface area contributed by atoms with Crippen molar-refractivity contribution in [2.45, 2.75) is 25.4 Å². The van der Waals surface area contributed by atoms with Gasteiger partial charge in [0.15, 0.2) is 0 Å². The van der Waals surface area contributed by atoms with E-state index in [1.54, 1.807) is 28.8 Å². The Kier molecular flexibility index (Phi) is 9.95. The van der Waals surface area contributed by atoms with E-state index in [0.29, 0.717) is 42.1 Å². The third-order valence-corrected chi connectivity index (χ3v) is 6.15. The fraction of sp³-hybridized carbons (Fsp3) is 0.200. The van der Waals surface area contributed by atoms with Gasteiger partial charge in [-0.05, 0) is 37.1 Å². The number of carbonyl (C=O) groups is 3. The van der Waals surface area contributed by atoms with Crippen molar-refractivity contribution in [2.24, 2.45) is 12.8 Å². The van der Waals surface area contributed by atoms with Crippen molar-refractivity contribution >= 4 is 17.8 Å². The highest BCUT2D eigenvalue weighted by molar-refractivity contribution is 5.95. The molecule has 1 amide bonds. The van der Waals surface area contributed by atoms with E-state index < -0.39 is 17.5 Å². The molecule has 0 aliphatic rings. The van der Waals surface area contributed by atoms with Crippen molar-refractivity contribution < 1.29 is 33.4 Å². The topological polar surface area (TPSA) is 217 Å². The maximum Gasteiger partial charge on any atom is 0.328 e. The van der Waals surface area contributed by atoms with Crippen LogP contribution in [-0.4, -0.2) is 70.0 Å². The summed E-state index contributed by atoms with van der Waals surface area (Å²) < 4.78 is 13.1. The molecular weight excluding hydrogens is 584 g/mol. The number of nitrogens with two attached hydrogens (primary N) is 1. The van der Waals surface area contributed by atoms with E-state index in [0.717, 1.165) is 11.3 Å². The number of pyridine rings is 1. The van der Waals surface area contributed by atoms with Gasteiger partial charge < -0.3 is 29.7 Å². The number of hydrogen-bond acceptors (Lipinski definition) is 11. The van der Waals surface area contributed by atoms with Crippen LogP contribution in [0.25, 0.3) is 23.2 Å². The number of oxazole rings is 1. The van der Waals surface area contributed by atoms with Crippen LogP contribution in [0.1, 0.15) is 34.4 Å². The molecule has 0 aliphatic carbocycles. The summed E-state index contributed by atoms with van der Waals surface area (Å²) >= 11 is 0. The third-order valence-electron chi connectivity index (χ3n) is 6.15. The van der Waals surface area contributed by atoms with E-state index in [2.05, 4.69) is 25.3 Å². The number of rotatable bonds is 10. The summed E-state index contributed by atoms with van der Waals surface area (Å²) in [6, 6.07) is 14.9. The van der Waals surface area contributed by atoms with E-state index in [9.17, 15) is 14.4 Å². The maximum atomic E-state index is 13.4. The quantitative estimate of drug-likeness (QED) is 0.193. The lowest BCUT2D eigenvalue weighted by atomic mass is 9.94. The molecule has 5 aromatic rings. The van der Waals surface area contributed by atoms with Crippen molar-refractivity contribution in [1.29, 1.82) is 0 Å². The zero-order chi connectivity index (χ0) is 32.6. The van der Waals surface area contributed by atoms with Gasteiger partial charge in [0.2, 0.25) is 11.8 Å². The minimum absolute atomic E-state index is 0.134. The zero-order valence-corrected chi connectivity index (χ0v) is 24.6. The van der Waals surface area contributed by atoms with Gasteiger partial charge >= 0.3 is 11.9 Å². The van der Waals surface area contributed by atoms with Gasteiger partial charge in [0.25, 0.3) is 11.8 Å². The van der Waals surface area contributed by atoms with E-state index >= 15 is 0 Å². The Morgan fingerprint density at radius 1 is 1.02 bits per heavy atom. The molecule has 15 nitrogen and oxygen atoms in total. The van der Waals surface area contributed by atoms with Crippen molar-refractivity contribution in [1.82, 2.24) is 34.8 Å². The second kappa shape index (κ2) is 14.0. The number of aryl methyl sites for hydroxylation is 1. The molecule has 0 aliphatic heterocycles. The van der Waals surface area contributed by atoms with Gasteiger partial charge in [0.05, 0.1) is 24.0 Å². The summed E-state index contributed by atoms with van der Waals surface area (Å²) in [6.07, 6.45) is 6.39. The van der Waals surface area contributed by atoms with E-state index in [-0.39, 0.29) is 23.6 Å². The molecule has 1 atom stereocenters. The highest BCUT2D eigenvalue weighted by Gasteiger charge is 2.29. The number of nitrogens with zero attached hydrogens (tertiary/aromatic N) is 7. The molecule has 0 spiro atoms. The van der Waals surface area contributed by atoms with Crippen molar-refractivity contribution in [3.63, 3.8) is 0 Å².